The van der Waals surface area contributed by atoms with Gasteiger partial charge in [0.15, 0.2) is 11.5 Å². The van der Waals surface area contributed by atoms with Crippen LogP contribution in [0, 0.1) is 5.82 Å². The molecule has 9 nitrogen and oxygen atoms in total. The summed E-state index contributed by atoms with van der Waals surface area (Å²) < 4.78 is 52.1. The topological polar surface area (TPSA) is 105 Å². The zero-order valence-corrected chi connectivity index (χ0v) is 21.5. The van der Waals surface area contributed by atoms with Crippen molar-refractivity contribution >= 4 is 27.5 Å². The lowest BCUT2D eigenvalue weighted by Gasteiger charge is -2.32. The zero-order chi connectivity index (χ0) is 26.3. The standard InChI is InChI=1S/C25H32FN3O6S/c1-4-6-13-27-25(31)18(3)28(15-19-9-7-8-10-21(19)26)24(30)16-29(36(32,33)5-2)20-11-12-22-23(14-20)35-17-34-22/h7-12,14,18H,4-6,13,15-17H2,1-3H3,(H,27,31)/t18-/m0/s1. The zero-order valence-electron chi connectivity index (χ0n) is 20.7. The van der Waals surface area contributed by atoms with Crippen LogP contribution in [-0.2, 0) is 26.2 Å². The van der Waals surface area contributed by atoms with Crippen LogP contribution in [0.1, 0.15) is 39.2 Å². The van der Waals surface area contributed by atoms with E-state index in [1.807, 2.05) is 6.92 Å². The van der Waals surface area contributed by atoms with Crippen molar-refractivity contribution in [3.8, 4) is 11.5 Å². The molecule has 2 aromatic rings. The van der Waals surface area contributed by atoms with E-state index in [0.29, 0.717) is 18.0 Å². The Hall–Kier alpha value is -3.34. The Bertz CT molecular complexity index is 1190. The van der Waals surface area contributed by atoms with Crippen molar-refractivity contribution < 1.29 is 31.9 Å². The lowest BCUT2D eigenvalue weighted by atomic mass is 10.1. The summed E-state index contributed by atoms with van der Waals surface area (Å²) in [6.07, 6.45) is 1.65. The molecule has 0 saturated heterocycles. The van der Waals surface area contributed by atoms with Gasteiger partial charge in [0, 0.05) is 24.7 Å². The van der Waals surface area contributed by atoms with E-state index in [9.17, 15) is 22.4 Å². The number of rotatable bonds is 12. The predicted octanol–water partition coefficient (Wildman–Crippen LogP) is 3.04. The molecule has 1 aliphatic rings. The number of sulfonamides is 1. The lowest BCUT2D eigenvalue weighted by Crippen LogP contribution is -2.51. The van der Waals surface area contributed by atoms with Gasteiger partial charge < -0.3 is 19.7 Å². The number of nitrogens with one attached hydrogen (secondary N) is 1. The maximum Gasteiger partial charge on any atom is 0.244 e. The van der Waals surface area contributed by atoms with Crippen molar-refractivity contribution in [2.24, 2.45) is 0 Å². The second kappa shape index (κ2) is 12.1. The third kappa shape index (κ3) is 6.45. The summed E-state index contributed by atoms with van der Waals surface area (Å²) in [5.41, 5.74) is 0.437. The maximum atomic E-state index is 14.5. The summed E-state index contributed by atoms with van der Waals surface area (Å²) in [6.45, 7) is 4.68. The molecule has 0 saturated carbocycles. The van der Waals surface area contributed by atoms with Gasteiger partial charge in [0.2, 0.25) is 28.6 Å². The summed E-state index contributed by atoms with van der Waals surface area (Å²) in [5, 5.41) is 2.78. The molecule has 196 valence electrons. The molecule has 11 heteroatoms. The minimum absolute atomic E-state index is 0.0132. The van der Waals surface area contributed by atoms with Crippen LogP contribution in [0.15, 0.2) is 42.5 Å². The Morgan fingerprint density at radius 3 is 2.53 bits per heavy atom. The number of benzene rings is 2. The van der Waals surface area contributed by atoms with E-state index >= 15 is 0 Å². The molecule has 0 aromatic heterocycles. The normalized spacial score (nSPS) is 13.2. The first kappa shape index (κ1) is 27.3. The van der Waals surface area contributed by atoms with Gasteiger partial charge in [-0.3, -0.25) is 13.9 Å². The van der Waals surface area contributed by atoms with Crippen LogP contribution < -0.4 is 19.1 Å². The van der Waals surface area contributed by atoms with Gasteiger partial charge in [0.1, 0.15) is 18.4 Å². The number of hydrogen-bond donors (Lipinski definition) is 1. The van der Waals surface area contributed by atoms with Crippen molar-refractivity contribution in [1.29, 1.82) is 0 Å². The largest absolute Gasteiger partial charge is 0.454 e. The number of halogens is 1. The van der Waals surface area contributed by atoms with Crippen LogP contribution in [0.25, 0.3) is 0 Å². The van der Waals surface area contributed by atoms with Crippen LogP contribution in [0.2, 0.25) is 0 Å². The van der Waals surface area contributed by atoms with E-state index in [4.69, 9.17) is 9.47 Å². The molecule has 0 aliphatic carbocycles. The third-order valence-corrected chi connectivity index (χ3v) is 7.66. The highest BCUT2D eigenvalue weighted by Gasteiger charge is 2.32. The summed E-state index contributed by atoms with van der Waals surface area (Å²) >= 11 is 0. The number of carbonyl (C=O) groups is 2. The maximum absolute atomic E-state index is 14.5. The first-order valence-corrected chi connectivity index (χ1v) is 13.5. The summed E-state index contributed by atoms with van der Waals surface area (Å²) in [6, 6.07) is 9.58. The molecule has 0 bridgehead atoms. The van der Waals surface area contributed by atoms with Gasteiger partial charge in [0.05, 0.1) is 11.4 Å². The number of amides is 2. The summed E-state index contributed by atoms with van der Waals surface area (Å²) in [5.74, 6) is -0.995. The molecule has 0 fully saturated rings. The van der Waals surface area contributed by atoms with Crippen molar-refractivity contribution in [2.75, 3.05) is 29.9 Å². The molecule has 1 atom stereocenters. The molecule has 0 spiro atoms. The van der Waals surface area contributed by atoms with E-state index in [2.05, 4.69) is 5.32 Å². The van der Waals surface area contributed by atoms with Crippen molar-refractivity contribution in [1.82, 2.24) is 10.2 Å². The number of hydrogen-bond acceptors (Lipinski definition) is 6. The molecule has 1 heterocycles. The lowest BCUT2D eigenvalue weighted by molar-refractivity contribution is -0.139. The third-order valence-electron chi connectivity index (χ3n) is 5.92. The molecule has 2 aromatic carbocycles. The van der Waals surface area contributed by atoms with Gasteiger partial charge >= 0.3 is 0 Å². The molecular formula is C25H32FN3O6S. The van der Waals surface area contributed by atoms with E-state index < -0.39 is 40.2 Å². The second-order valence-corrected chi connectivity index (χ2v) is 10.6. The molecule has 0 unspecified atom stereocenters. The van der Waals surface area contributed by atoms with Gasteiger partial charge in [-0.05, 0) is 38.5 Å². The first-order chi connectivity index (χ1) is 17.2. The van der Waals surface area contributed by atoms with Crippen LogP contribution in [0.4, 0.5) is 10.1 Å². The number of unbranched alkanes of at least 4 members (excludes halogenated alkanes) is 1. The van der Waals surface area contributed by atoms with Gasteiger partial charge in [-0.2, -0.15) is 0 Å². The highest BCUT2D eigenvalue weighted by Crippen LogP contribution is 2.36. The average Bonchev–Trinajstić information content (AvgIpc) is 3.34. The van der Waals surface area contributed by atoms with Crippen LogP contribution >= 0.6 is 0 Å². The highest BCUT2D eigenvalue weighted by atomic mass is 32.2. The van der Waals surface area contributed by atoms with Crippen LogP contribution in [-0.4, -0.2) is 56.8 Å². The number of fused-ring (bicyclic) bond motifs is 1. The van der Waals surface area contributed by atoms with E-state index in [0.717, 1.165) is 17.1 Å². The SMILES string of the molecule is CCCCNC(=O)[C@H](C)N(Cc1ccccc1F)C(=O)CN(c1ccc2c(c1)OCO2)S(=O)(=O)CC. The fourth-order valence-corrected chi connectivity index (χ4v) is 4.74. The van der Waals surface area contributed by atoms with Crippen LogP contribution in [0.3, 0.4) is 0 Å². The van der Waals surface area contributed by atoms with Crippen molar-refractivity contribution in [3.05, 3.63) is 53.8 Å². The van der Waals surface area contributed by atoms with Gasteiger partial charge in [-0.1, -0.05) is 31.5 Å². The first-order valence-electron chi connectivity index (χ1n) is 11.9. The quantitative estimate of drug-likeness (QED) is 0.431. The molecule has 2 amide bonds. The minimum atomic E-state index is -3.89. The monoisotopic (exact) mass is 521 g/mol. The summed E-state index contributed by atoms with van der Waals surface area (Å²) in [4.78, 5) is 27.6. The van der Waals surface area contributed by atoms with E-state index in [-0.39, 0.29) is 30.3 Å². The second-order valence-electron chi connectivity index (χ2n) is 8.38. The molecule has 3 rings (SSSR count). The number of nitrogens with zero attached hydrogens (tertiary/aromatic N) is 2. The number of anilines is 1. The average molecular weight is 522 g/mol. The van der Waals surface area contributed by atoms with E-state index in [1.54, 1.807) is 19.1 Å². The fourth-order valence-electron chi connectivity index (χ4n) is 3.69. The fraction of sp³-hybridized carbons (Fsp3) is 0.440. The van der Waals surface area contributed by atoms with E-state index in [1.165, 1.54) is 42.2 Å². The van der Waals surface area contributed by atoms with Gasteiger partial charge in [0.25, 0.3) is 0 Å². The molecule has 0 radical (unpaired) electrons. The van der Waals surface area contributed by atoms with Crippen LogP contribution in [0.5, 0.6) is 11.5 Å². The van der Waals surface area contributed by atoms with Gasteiger partial charge in [-0.15, -0.1) is 0 Å². The smallest absolute Gasteiger partial charge is 0.244 e. The Morgan fingerprint density at radius 2 is 1.83 bits per heavy atom. The molecule has 1 N–H and O–H groups in total. The molecular weight excluding hydrogens is 489 g/mol. The number of carbonyl (C=O) groups excluding carboxylic acids is 2. The Labute approximate surface area is 211 Å². The Morgan fingerprint density at radius 1 is 1.11 bits per heavy atom. The van der Waals surface area contributed by atoms with Crippen molar-refractivity contribution in [2.45, 2.75) is 46.2 Å². The number of ether oxygens (including phenoxy) is 2. The Kier molecular flexibility index (Phi) is 9.14. The minimum Gasteiger partial charge on any atom is -0.454 e. The Balaban J connectivity index is 1.92. The highest BCUT2D eigenvalue weighted by molar-refractivity contribution is 7.92. The van der Waals surface area contributed by atoms with Gasteiger partial charge in [-0.25, -0.2) is 12.8 Å². The molecule has 1 aliphatic heterocycles. The predicted molar refractivity (Wildman–Crippen MR) is 134 cm³/mol. The molecule has 36 heavy (non-hydrogen) atoms. The summed E-state index contributed by atoms with van der Waals surface area (Å²) in [7, 11) is -3.89. The van der Waals surface area contributed by atoms with Crippen molar-refractivity contribution in [3.63, 3.8) is 0 Å².